The van der Waals surface area contributed by atoms with Gasteiger partial charge in [-0.3, -0.25) is 15.1 Å². The number of anilines is 1. The van der Waals surface area contributed by atoms with E-state index in [1.165, 1.54) is 5.56 Å². The number of hydrogen-bond acceptors (Lipinski definition) is 5. The fraction of sp³-hybridized carbons (Fsp3) is 0.160. The molecule has 0 fully saturated rings. The second-order valence-corrected chi connectivity index (χ2v) is 8.07. The van der Waals surface area contributed by atoms with Gasteiger partial charge in [0.2, 0.25) is 0 Å². The maximum Gasteiger partial charge on any atom is 0.257 e. The van der Waals surface area contributed by atoms with Crippen LogP contribution in [0.2, 0.25) is 0 Å². The Morgan fingerprint density at radius 3 is 2.66 bits per heavy atom. The molecule has 6 nitrogen and oxygen atoms in total. The van der Waals surface area contributed by atoms with Crippen molar-refractivity contribution in [2.24, 2.45) is 4.99 Å². The van der Waals surface area contributed by atoms with Gasteiger partial charge in [0.05, 0.1) is 11.4 Å². The summed E-state index contributed by atoms with van der Waals surface area (Å²) in [6.07, 6.45) is 0.796. The highest BCUT2D eigenvalue weighted by Gasteiger charge is 2.18. The number of carbonyl (C=O) groups is 1. The first kappa shape index (κ1) is 20.2. The van der Waals surface area contributed by atoms with Crippen LogP contribution in [-0.4, -0.2) is 29.9 Å². The minimum Gasteiger partial charge on any atom is -0.486 e. The van der Waals surface area contributed by atoms with Crippen LogP contribution >= 0.6 is 12.2 Å². The molecule has 0 aromatic heterocycles. The van der Waals surface area contributed by atoms with E-state index in [4.69, 9.17) is 26.7 Å². The van der Waals surface area contributed by atoms with Gasteiger partial charge in [0.1, 0.15) is 13.2 Å². The van der Waals surface area contributed by atoms with E-state index in [1.54, 1.807) is 18.2 Å². The summed E-state index contributed by atoms with van der Waals surface area (Å²) in [6.45, 7) is 2.95. The number of benzene rings is 3. The van der Waals surface area contributed by atoms with Crippen molar-refractivity contribution < 1.29 is 14.3 Å². The maximum absolute atomic E-state index is 12.7. The fourth-order valence-corrected chi connectivity index (χ4v) is 3.95. The Labute approximate surface area is 191 Å². The molecule has 2 aliphatic heterocycles. The molecule has 1 amide bonds. The highest BCUT2D eigenvalue weighted by atomic mass is 32.1. The first-order valence-electron chi connectivity index (χ1n) is 10.4. The van der Waals surface area contributed by atoms with Gasteiger partial charge in [-0.25, -0.2) is 0 Å². The predicted molar refractivity (Wildman–Crippen MR) is 129 cm³/mol. The number of thiocarbonyl (C=S) groups is 1. The van der Waals surface area contributed by atoms with Crippen molar-refractivity contribution in [1.82, 2.24) is 5.32 Å². The number of ether oxygens (including phenoxy) is 2. The summed E-state index contributed by atoms with van der Waals surface area (Å²) in [5.74, 6) is 0.881. The smallest absolute Gasteiger partial charge is 0.257 e. The lowest BCUT2D eigenvalue weighted by molar-refractivity contribution is 0.0976. The van der Waals surface area contributed by atoms with E-state index in [-0.39, 0.29) is 11.0 Å². The predicted octanol–water partition coefficient (Wildman–Crippen LogP) is 4.57. The number of para-hydroxylation sites is 1. The summed E-state index contributed by atoms with van der Waals surface area (Å²) >= 11 is 5.40. The number of carbonyl (C=O) groups excluding carboxylic acids is 1. The van der Waals surface area contributed by atoms with Gasteiger partial charge in [-0.05, 0) is 66.2 Å². The number of amides is 1. The zero-order chi connectivity index (χ0) is 22.1. The third-order valence-electron chi connectivity index (χ3n) is 5.46. The molecule has 160 valence electrons. The fourth-order valence-electron chi connectivity index (χ4n) is 3.75. The summed E-state index contributed by atoms with van der Waals surface area (Å²) in [7, 11) is 0. The molecule has 5 rings (SSSR count). The van der Waals surface area contributed by atoms with Gasteiger partial charge in [0, 0.05) is 17.7 Å². The lowest BCUT2D eigenvalue weighted by Gasteiger charge is -2.19. The van der Waals surface area contributed by atoms with Crippen LogP contribution < -0.4 is 20.1 Å². The SMILES string of the molecule is Cc1ccc(C2=Nc3ccccc3C2)cc1NC(=S)NC(=O)c1ccc2c(c1)OCCO2. The average Bonchev–Trinajstić information content (AvgIpc) is 3.24. The Kier molecular flexibility index (Phi) is 5.33. The summed E-state index contributed by atoms with van der Waals surface area (Å²) < 4.78 is 11.1. The Balaban J connectivity index is 1.28. The van der Waals surface area contributed by atoms with Crippen LogP contribution in [0.25, 0.3) is 0 Å². The number of rotatable bonds is 3. The van der Waals surface area contributed by atoms with E-state index in [0.717, 1.165) is 34.6 Å². The molecule has 0 radical (unpaired) electrons. The van der Waals surface area contributed by atoms with Gasteiger partial charge in [-0.15, -0.1) is 0 Å². The van der Waals surface area contributed by atoms with Crippen molar-refractivity contribution >= 4 is 40.3 Å². The van der Waals surface area contributed by atoms with E-state index >= 15 is 0 Å². The largest absolute Gasteiger partial charge is 0.486 e. The van der Waals surface area contributed by atoms with Gasteiger partial charge >= 0.3 is 0 Å². The zero-order valence-electron chi connectivity index (χ0n) is 17.5. The standard InChI is InChI=1S/C25H21N3O3S/c1-15-6-7-17(21-13-16-4-2-3-5-19(16)26-21)12-20(15)27-25(32)28-24(29)18-8-9-22-23(14-18)31-11-10-30-22/h2-9,12,14H,10-11,13H2,1H3,(H2,27,28,29,32). The molecule has 3 aromatic carbocycles. The summed E-state index contributed by atoms with van der Waals surface area (Å²) in [4.78, 5) is 17.4. The Bertz CT molecular complexity index is 1270. The molecule has 2 N–H and O–H groups in total. The van der Waals surface area contributed by atoms with Crippen LogP contribution in [0.15, 0.2) is 65.7 Å². The molecule has 2 heterocycles. The quantitative estimate of drug-likeness (QED) is 0.580. The van der Waals surface area contributed by atoms with Crippen molar-refractivity contribution in [3.8, 4) is 11.5 Å². The molecule has 0 aliphatic carbocycles. The molecule has 0 spiro atoms. The number of fused-ring (bicyclic) bond motifs is 2. The van der Waals surface area contributed by atoms with Crippen molar-refractivity contribution in [1.29, 1.82) is 0 Å². The van der Waals surface area contributed by atoms with E-state index in [2.05, 4.69) is 22.8 Å². The minimum atomic E-state index is -0.316. The second-order valence-electron chi connectivity index (χ2n) is 7.66. The molecule has 32 heavy (non-hydrogen) atoms. The Hall–Kier alpha value is -3.71. The third-order valence-corrected chi connectivity index (χ3v) is 5.66. The van der Waals surface area contributed by atoms with Crippen LogP contribution in [0, 0.1) is 6.92 Å². The van der Waals surface area contributed by atoms with Gasteiger partial charge in [0.15, 0.2) is 16.6 Å². The van der Waals surface area contributed by atoms with E-state index < -0.39 is 0 Å². The zero-order valence-corrected chi connectivity index (χ0v) is 18.3. The molecule has 2 aliphatic rings. The molecular formula is C25H21N3O3S. The number of aryl methyl sites for hydroxylation is 1. The van der Waals surface area contributed by atoms with E-state index in [0.29, 0.717) is 30.3 Å². The van der Waals surface area contributed by atoms with Gasteiger partial charge in [0.25, 0.3) is 5.91 Å². The lowest BCUT2D eigenvalue weighted by Crippen LogP contribution is -2.34. The highest BCUT2D eigenvalue weighted by molar-refractivity contribution is 7.80. The molecule has 7 heteroatoms. The summed E-state index contributed by atoms with van der Waals surface area (Å²) in [5.41, 5.74) is 6.56. The van der Waals surface area contributed by atoms with Gasteiger partial charge in [-0.2, -0.15) is 0 Å². The second kappa shape index (κ2) is 8.43. The highest BCUT2D eigenvalue weighted by Crippen LogP contribution is 2.31. The monoisotopic (exact) mass is 443 g/mol. The molecule has 0 atom stereocenters. The molecule has 0 saturated carbocycles. The summed E-state index contributed by atoms with van der Waals surface area (Å²) in [6, 6.07) is 19.3. The van der Waals surface area contributed by atoms with Gasteiger partial charge < -0.3 is 14.8 Å². The Morgan fingerprint density at radius 2 is 1.81 bits per heavy atom. The van der Waals surface area contributed by atoms with E-state index in [9.17, 15) is 4.79 Å². The topological polar surface area (TPSA) is 72.0 Å². The van der Waals surface area contributed by atoms with Crippen LogP contribution in [0.4, 0.5) is 11.4 Å². The van der Waals surface area contributed by atoms with Crippen LogP contribution in [0.5, 0.6) is 11.5 Å². The van der Waals surface area contributed by atoms with Crippen molar-refractivity contribution in [3.05, 3.63) is 82.9 Å². The van der Waals surface area contributed by atoms with Crippen LogP contribution in [0.1, 0.15) is 27.0 Å². The number of nitrogens with zero attached hydrogens (tertiary/aromatic N) is 1. The molecular weight excluding hydrogens is 422 g/mol. The summed E-state index contributed by atoms with van der Waals surface area (Å²) in [5, 5.41) is 6.11. The lowest BCUT2D eigenvalue weighted by atomic mass is 10.0. The maximum atomic E-state index is 12.7. The average molecular weight is 444 g/mol. The Morgan fingerprint density at radius 1 is 1.00 bits per heavy atom. The first-order valence-corrected chi connectivity index (χ1v) is 10.8. The molecule has 0 saturated heterocycles. The molecule has 0 bridgehead atoms. The molecule has 3 aromatic rings. The van der Waals surface area contributed by atoms with Gasteiger partial charge in [-0.1, -0.05) is 30.3 Å². The number of nitrogens with one attached hydrogen (secondary N) is 2. The van der Waals surface area contributed by atoms with Crippen LogP contribution in [-0.2, 0) is 6.42 Å². The normalized spacial score (nSPS) is 13.7. The first-order chi connectivity index (χ1) is 15.6. The van der Waals surface area contributed by atoms with Crippen LogP contribution in [0.3, 0.4) is 0 Å². The number of hydrogen-bond donors (Lipinski definition) is 2. The molecule has 0 unspecified atom stereocenters. The number of aliphatic imine (C=N–C) groups is 1. The van der Waals surface area contributed by atoms with E-state index in [1.807, 2.05) is 37.3 Å². The minimum absolute atomic E-state index is 0.224. The van der Waals surface area contributed by atoms with Crippen molar-refractivity contribution in [2.75, 3.05) is 18.5 Å². The van der Waals surface area contributed by atoms with Crippen molar-refractivity contribution in [3.63, 3.8) is 0 Å². The van der Waals surface area contributed by atoms with Crippen molar-refractivity contribution in [2.45, 2.75) is 13.3 Å². The third kappa shape index (κ3) is 4.07.